The molecule has 5 nitrogen and oxygen atoms in total. The number of para-hydroxylation sites is 1. The van der Waals surface area contributed by atoms with Crippen molar-refractivity contribution in [2.24, 2.45) is 0 Å². The summed E-state index contributed by atoms with van der Waals surface area (Å²) in [5, 5.41) is 11.0. The summed E-state index contributed by atoms with van der Waals surface area (Å²) in [6.45, 7) is 5.44. The maximum Gasteiger partial charge on any atom is 0.219 e. The Morgan fingerprint density at radius 1 is 1.36 bits per heavy atom. The Kier molecular flexibility index (Phi) is 6.32. The molecule has 1 aliphatic heterocycles. The first-order valence-electron chi connectivity index (χ1n) is 7.31. The summed E-state index contributed by atoms with van der Waals surface area (Å²) in [6.07, 6.45) is -0.605. The van der Waals surface area contributed by atoms with Crippen LogP contribution in [0.25, 0.3) is 0 Å². The molecule has 0 saturated carbocycles. The van der Waals surface area contributed by atoms with Crippen molar-refractivity contribution in [2.75, 3.05) is 39.3 Å². The van der Waals surface area contributed by atoms with E-state index >= 15 is 0 Å². The van der Waals surface area contributed by atoms with Crippen LogP contribution in [0.4, 0.5) is 0 Å². The van der Waals surface area contributed by atoms with Gasteiger partial charge in [0, 0.05) is 6.92 Å². The van der Waals surface area contributed by atoms with Crippen LogP contribution < -0.4 is 9.64 Å². The molecule has 2 N–H and O–H groups in total. The molecule has 0 spiro atoms. The van der Waals surface area contributed by atoms with E-state index in [4.69, 9.17) is 27.9 Å². The summed E-state index contributed by atoms with van der Waals surface area (Å²) >= 11 is 12.0. The van der Waals surface area contributed by atoms with Crippen LogP contribution in [0.1, 0.15) is 6.92 Å². The molecular formula is C15H21Cl2N2O3+. The van der Waals surface area contributed by atoms with E-state index in [1.54, 1.807) is 25.1 Å². The van der Waals surface area contributed by atoms with E-state index in [1.165, 1.54) is 4.90 Å². The quantitative estimate of drug-likeness (QED) is 0.814. The zero-order chi connectivity index (χ0) is 16.1. The molecule has 1 atom stereocenters. The van der Waals surface area contributed by atoms with E-state index in [9.17, 15) is 9.90 Å². The van der Waals surface area contributed by atoms with Gasteiger partial charge in [-0.15, -0.1) is 0 Å². The van der Waals surface area contributed by atoms with Gasteiger partial charge in [-0.1, -0.05) is 29.3 Å². The zero-order valence-corrected chi connectivity index (χ0v) is 14.0. The first kappa shape index (κ1) is 17.3. The third-order valence-corrected chi connectivity index (χ3v) is 4.37. The Morgan fingerprint density at radius 2 is 1.95 bits per heavy atom. The first-order chi connectivity index (χ1) is 10.5. The molecule has 1 saturated heterocycles. The van der Waals surface area contributed by atoms with E-state index < -0.39 is 6.10 Å². The van der Waals surface area contributed by atoms with Crippen molar-refractivity contribution in [1.82, 2.24) is 4.90 Å². The van der Waals surface area contributed by atoms with Gasteiger partial charge in [-0.25, -0.2) is 0 Å². The predicted octanol–water partition coefficient (Wildman–Crippen LogP) is 0.480. The summed E-state index contributed by atoms with van der Waals surface area (Å²) < 4.78 is 5.54. The third kappa shape index (κ3) is 4.74. The average Bonchev–Trinajstić information content (AvgIpc) is 2.47. The molecule has 7 heteroatoms. The molecule has 22 heavy (non-hydrogen) atoms. The van der Waals surface area contributed by atoms with Crippen LogP contribution in [-0.4, -0.2) is 61.3 Å². The maximum absolute atomic E-state index is 11.3. The van der Waals surface area contributed by atoms with Crippen molar-refractivity contribution in [3.05, 3.63) is 28.2 Å². The van der Waals surface area contributed by atoms with Gasteiger partial charge >= 0.3 is 0 Å². The number of quaternary nitrogens is 1. The number of aliphatic hydroxyl groups is 1. The minimum Gasteiger partial charge on any atom is -0.488 e. The summed E-state index contributed by atoms with van der Waals surface area (Å²) in [5.74, 6) is 0.512. The van der Waals surface area contributed by atoms with E-state index in [0.717, 1.165) is 26.2 Å². The molecule has 1 fully saturated rings. The Balaban J connectivity index is 1.77. The number of aliphatic hydroxyl groups excluding tert-OH is 1. The lowest BCUT2D eigenvalue weighted by molar-refractivity contribution is -0.907. The minimum absolute atomic E-state index is 0.108. The second kappa shape index (κ2) is 8.02. The number of rotatable bonds is 5. The minimum atomic E-state index is -0.605. The van der Waals surface area contributed by atoms with Gasteiger partial charge in [0.15, 0.2) is 5.75 Å². The molecule has 1 aromatic rings. The molecule has 0 aliphatic carbocycles. The fraction of sp³-hybridized carbons (Fsp3) is 0.533. The number of amides is 1. The molecule has 122 valence electrons. The van der Waals surface area contributed by atoms with Crippen molar-refractivity contribution in [3.8, 4) is 5.75 Å². The number of hydrogen-bond acceptors (Lipinski definition) is 3. The standard InChI is InChI=1S/C15H20Cl2N2O3/c1-11(20)19-7-5-18(6-8-19)9-12(21)10-22-15-13(16)3-2-4-14(15)17/h2-4,12,21H,5-10H2,1H3/p+1/t12-/m0/s1. The second-order valence-corrected chi connectivity index (χ2v) is 6.29. The van der Waals surface area contributed by atoms with Gasteiger partial charge in [0.2, 0.25) is 5.91 Å². The van der Waals surface area contributed by atoms with Gasteiger partial charge in [0.05, 0.1) is 36.2 Å². The summed E-state index contributed by atoms with van der Waals surface area (Å²) in [6, 6.07) is 5.13. The van der Waals surface area contributed by atoms with Gasteiger partial charge in [0.25, 0.3) is 0 Å². The van der Waals surface area contributed by atoms with Crippen LogP contribution in [0.3, 0.4) is 0 Å². The number of nitrogens with zero attached hydrogens (tertiary/aromatic N) is 1. The lowest BCUT2D eigenvalue weighted by Crippen LogP contribution is -3.15. The highest BCUT2D eigenvalue weighted by Crippen LogP contribution is 2.32. The topological polar surface area (TPSA) is 54.2 Å². The molecule has 1 aliphatic rings. The van der Waals surface area contributed by atoms with Crippen LogP contribution >= 0.6 is 23.2 Å². The lowest BCUT2D eigenvalue weighted by Gasteiger charge is -2.32. The van der Waals surface area contributed by atoms with Crippen molar-refractivity contribution in [3.63, 3.8) is 0 Å². The number of nitrogens with one attached hydrogen (secondary N) is 1. The van der Waals surface area contributed by atoms with Crippen molar-refractivity contribution in [2.45, 2.75) is 13.0 Å². The average molecular weight is 348 g/mol. The lowest BCUT2D eigenvalue weighted by atomic mass is 10.2. The number of halogens is 2. The SMILES string of the molecule is CC(=O)N1CC[NH+](C[C@H](O)COc2c(Cl)cccc2Cl)CC1. The van der Waals surface area contributed by atoms with E-state index in [2.05, 4.69) is 0 Å². The smallest absolute Gasteiger partial charge is 0.219 e. The second-order valence-electron chi connectivity index (χ2n) is 5.48. The largest absolute Gasteiger partial charge is 0.488 e. The fourth-order valence-corrected chi connectivity index (χ4v) is 3.04. The van der Waals surface area contributed by atoms with Gasteiger partial charge < -0.3 is 19.6 Å². The highest BCUT2D eigenvalue weighted by atomic mass is 35.5. The molecule has 0 bridgehead atoms. The molecule has 0 unspecified atom stereocenters. The molecule has 2 rings (SSSR count). The summed E-state index contributed by atoms with van der Waals surface area (Å²) in [4.78, 5) is 14.4. The normalized spacial score (nSPS) is 17.4. The summed E-state index contributed by atoms with van der Waals surface area (Å²) in [5.41, 5.74) is 0. The van der Waals surface area contributed by atoms with E-state index in [1.807, 2.05) is 4.90 Å². The highest BCUT2D eigenvalue weighted by molar-refractivity contribution is 6.37. The number of ether oxygens (including phenoxy) is 1. The van der Waals surface area contributed by atoms with Crippen molar-refractivity contribution < 1.29 is 19.5 Å². The number of carbonyl (C=O) groups excluding carboxylic acids is 1. The molecule has 0 aromatic heterocycles. The Hall–Kier alpha value is -1.01. The first-order valence-corrected chi connectivity index (χ1v) is 8.07. The number of benzene rings is 1. The number of carbonyl (C=O) groups is 1. The molecule has 1 heterocycles. The van der Waals surface area contributed by atoms with Gasteiger partial charge in [-0.05, 0) is 12.1 Å². The van der Waals surface area contributed by atoms with Crippen molar-refractivity contribution in [1.29, 1.82) is 0 Å². The highest BCUT2D eigenvalue weighted by Gasteiger charge is 2.24. The Bertz CT molecular complexity index is 499. The van der Waals surface area contributed by atoms with Crippen molar-refractivity contribution >= 4 is 29.1 Å². The zero-order valence-electron chi connectivity index (χ0n) is 12.5. The molecule has 1 amide bonds. The van der Waals surface area contributed by atoms with E-state index in [0.29, 0.717) is 22.3 Å². The fourth-order valence-electron chi connectivity index (χ4n) is 2.53. The van der Waals surface area contributed by atoms with Crippen LogP contribution in [0.5, 0.6) is 5.75 Å². The predicted molar refractivity (Wildman–Crippen MR) is 85.8 cm³/mol. The Labute approximate surface area is 140 Å². The monoisotopic (exact) mass is 347 g/mol. The Morgan fingerprint density at radius 3 is 2.50 bits per heavy atom. The van der Waals surface area contributed by atoms with Crippen LogP contribution in [0, 0.1) is 0 Å². The third-order valence-electron chi connectivity index (χ3n) is 3.78. The number of piperazine rings is 1. The van der Waals surface area contributed by atoms with Crippen LogP contribution in [0.2, 0.25) is 10.0 Å². The van der Waals surface area contributed by atoms with Gasteiger partial charge in [-0.3, -0.25) is 4.79 Å². The van der Waals surface area contributed by atoms with E-state index in [-0.39, 0.29) is 12.5 Å². The maximum atomic E-state index is 11.3. The number of hydrogen-bond donors (Lipinski definition) is 2. The van der Waals surface area contributed by atoms with Gasteiger partial charge in [-0.2, -0.15) is 0 Å². The molecule has 1 aromatic carbocycles. The van der Waals surface area contributed by atoms with Crippen LogP contribution in [0.15, 0.2) is 18.2 Å². The molecule has 0 radical (unpaired) electrons. The van der Waals surface area contributed by atoms with Crippen LogP contribution in [-0.2, 0) is 4.79 Å². The summed E-state index contributed by atoms with van der Waals surface area (Å²) in [7, 11) is 0. The molecular weight excluding hydrogens is 327 g/mol. The van der Waals surface area contributed by atoms with Gasteiger partial charge in [0.1, 0.15) is 19.3 Å².